The second kappa shape index (κ2) is 1.09. The van der Waals surface area contributed by atoms with Gasteiger partial charge in [-0.3, -0.25) is 0 Å². The molecule has 3 unspecified atom stereocenters. The van der Waals surface area contributed by atoms with Crippen molar-refractivity contribution in [3.8, 4) is 0 Å². The van der Waals surface area contributed by atoms with Crippen LogP contribution in [-0.2, 0) is 0 Å². The monoisotopic (exact) mass is 122 g/mol. The molecule has 0 heterocycles. The lowest BCUT2D eigenvalue weighted by Gasteiger charge is -2.04. The van der Waals surface area contributed by atoms with E-state index in [1.54, 1.807) is 19.3 Å². The summed E-state index contributed by atoms with van der Waals surface area (Å²) < 4.78 is 0. The molecule has 0 amide bonds. The molecule has 3 fully saturated rings. The van der Waals surface area contributed by atoms with Crippen LogP contribution in [0, 0.1) is 23.2 Å². The van der Waals surface area contributed by atoms with Gasteiger partial charge in [0.25, 0.3) is 0 Å². The lowest BCUT2D eigenvalue weighted by molar-refractivity contribution is 0.468. The van der Waals surface area contributed by atoms with Crippen molar-refractivity contribution in [3.63, 3.8) is 0 Å². The highest BCUT2D eigenvalue weighted by atomic mass is 14.8. The lowest BCUT2D eigenvalue weighted by Crippen LogP contribution is -1.93. The molecule has 0 bridgehead atoms. The third-order valence-corrected chi connectivity index (χ3v) is 4.24. The second-order valence-electron chi connectivity index (χ2n) is 4.21. The first kappa shape index (κ1) is 4.76. The molecular weight excluding hydrogens is 108 g/mol. The van der Waals surface area contributed by atoms with E-state index >= 15 is 0 Å². The van der Waals surface area contributed by atoms with Gasteiger partial charge in [-0.05, 0) is 42.4 Å². The summed E-state index contributed by atoms with van der Waals surface area (Å²) >= 11 is 0. The Labute approximate surface area is 56.6 Å². The molecule has 0 aromatic rings. The molecule has 50 valence electrons. The van der Waals surface area contributed by atoms with E-state index < -0.39 is 0 Å². The maximum Gasteiger partial charge on any atom is -0.0204 e. The van der Waals surface area contributed by atoms with Crippen molar-refractivity contribution < 1.29 is 0 Å². The van der Waals surface area contributed by atoms with Crippen molar-refractivity contribution in [1.82, 2.24) is 0 Å². The molecule has 1 spiro atoms. The quantitative estimate of drug-likeness (QED) is 0.501. The Morgan fingerprint density at radius 1 is 1.33 bits per heavy atom. The van der Waals surface area contributed by atoms with Crippen molar-refractivity contribution in [1.29, 1.82) is 0 Å². The van der Waals surface area contributed by atoms with Gasteiger partial charge in [0.1, 0.15) is 0 Å². The summed E-state index contributed by atoms with van der Waals surface area (Å²) in [6.45, 7) is 2.36. The van der Waals surface area contributed by atoms with E-state index in [1.807, 2.05) is 0 Å². The molecule has 9 heavy (non-hydrogen) atoms. The molecule has 0 radical (unpaired) electrons. The van der Waals surface area contributed by atoms with Crippen molar-refractivity contribution in [2.24, 2.45) is 23.2 Å². The molecule has 3 saturated carbocycles. The molecule has 0 heteroatoms. The molecule has 0 aromatic heterocycles. The van der Waals surface area contributed by atoms with Gasteiger partial charge in [0.15, 0.2) is 0 Å². The maximum absolute atomic E-state index is 2.36. The fraction of sp³-hybridized carbons (Fsp3) is 1.00. The van der Waals surface area contributed by atoms with Crippen LogP contribution in [0.25, 0.3) is 0 Å². The Morgan fingerprint density at radius 3 is 2.33 bits per heavy atom. The summed E-state index contributed by atoms with van der Waals surface area (Å²) in [6.07, 6.45) is 6.24. The fourth-order valence-electron chi connectivity index (χ4n) is 3.47. The summed E-state index contributed by atoms with van der Waals surface area (Å²) in [4.78, 5) is 0. The normalized spacial score (nSPS) is 67.0. The minimum atomic E-state index is 0.995. The van der Waals surface area contributed by atoms with Crippen LogP contribution in [0.2, 0.25) is 0 Å². The summed E-state index contributed by atoms with van der Waals surface area (Å²) in [7, 11) is 0. The lowest BCUT2D eigenvalue weighted by atomic mass is 10.0. The summed E-state index contributed by atoms with van der Waals surface area (Å²) in [5.41, 5.74) is 0.995. The molecule has 0 aromatic carbocycles. The Kier molecular flexibility index (Phi) is 0.574. The highest BCUT2D eigenvalue weighted by molar-refractivity contribution is 5.27. The van der Waals surface area contributed by atoms with E-state index in [4.69, 9.17) is 0 Å². The first-order valence-electron chi connectivity index (χ1n) is 4.39. The number of hydrogen-bond acceptors (Lipinski definition) is 0. The average Bonchev–Trinajstić information content (AvgIpc) is 2.50. The van der Waals surface area contributed by atoms with Gasteiger partial charge < -0.3 is 0 Å². The highest BCUT2D eigenvalue weighted by Gasteiger charge is 2.79. The Balaban J connectivity index is 1.82. The van der Waals surface area contributed by atoms with E-state index in [0.717, 1.165) is 5.41 Å². The van der Waals surface area contributed by atoms with E-state index in [1.165, 1.54) is 24.2 Å². The van der Waals surface area contributed by atoms with Crippen LogP contribution in [0.4, 0.5) is 0 Å². The standard InChI is InChI=1S/C9H14/c1-2-6-5-9(6)7-3-4-8(7)9/h6-8H,2-5H2,1H3. The molecular formula is C9H14. The second-order valence-corrected chi connectivity index (χ2v) is 4.21. The topological polar surface area (TPSA) is 0 Å². The van der Waals surface area contributed by atoms with Gasteiger partial charge in [-0.15, -0.1) is 0 Å². The van der Waals surface area contributed by atoms with Crippen molar-refractivity contribution >= 4 is 0 Å². The number of hydrogen-bond donors (Lipinski definition) is 0. The molecule has 0 nitrogen and oxygen atoms in total. The number of fused-ring (bicyclic) bond motifs is 3. The first-order chi connectivity index (χ1) is 4.39. The van der Waals surface area contributed by atoms with Crippen LogP contribution in [-0.4, -0.2) is 0 Å². The minimum Gasteiger partial charge on any atom is -0.0651 e. The molecule has 3 rings (SSSR count). The third-order valence-electron chi connectivity index (χ3n) is 4.24. The smallest absolute Gasteiger partial charge is 0.0204 e. The van der Waals surface area contributed by atoms with Gasteiger partial charge >= 0.3 is 0 Å². The molecule has 0 N–H and O–H groups in total. The largest absolute Gasteiger partial charge is 0.0651 e. The van der Waals surface area contributed by atoms with Gasteiger partial charge in [0, 0.05) is 0 Å². The van der Waals surface area contributed by atoms with Crippen LogP contribution in [0.15, 0.2) is 0 Å². The van der Waals surface area contributed by atoms with E-state index in [9.17, 15) is 0 Å². The highest BCUT2D eigenvalue weighted by Crippen LogP contribution is 2.86. The maximum atomic E-state index is 2.36. The van der Waals surface area contributed by atoms with Gasteiger partial charge in [0.2, 0.25) is 0 Å². The predicted octanol–water partition coefficient (Wildman–Crippen LogP) is 2.44. The van der Waals surface area contributed by atoms with E-state index in [2.05, 4.69) is 6.92 Å². The van der Waals surface area contributed by atoms with Gasteiger partial charge in [-0.2, -0.15) is 0 Å². The van der Waals surface area contributed by atoms with Crippen LogP contribution < -0.4 is 0 Å². The zero-order valence-electron chi connectivity index (χ0n) is 6.06. The summed E-state index contributed by atoms with van der Waals surface area (Å²) in [5.74, 6) is 3.65. The van der Waals surface area contributed by atoms with Crippen LogP contribution in [0.1, 0.15) is 32.6 Å². The SMILES string of the molecule is CCC1CC12C1CCC12. The van der Waals surface area contributed by atoms with Gasteiger partial charge in [-0.1, -0.05) is 13.3 Å². The fourth-order valence-corrected chi connectivity index (χ4v) is 3.47. The average molecular weight is 122 g/mol. The first-order valence-corrected chi connectivity index (χ1v) is 4.39. The van der Waals surface area contributed by atoms with Crippen LogP contribution >= 0.6 is 0 Å². The molecule has 3 atom stereocenters. The third kappa shape index (κ3) is 0.320. The molecule has 3 aliphatic carbocycles. The van der Waals surface area contributed by atoms with Crippen LogP contribution in [0.3, 0.4) is 0 Å². The summed E-state index contributed by atoms with van der Waals surface area (Å²) in [5, 5.41) is 0. The van der Waals surface area contributed by atoms with Gasteiger partial charge in [-0.25, -0.2) is 0 Å². The zero-order valence-corrected chi connectivity index (χ0v) is 6.06. The van der Waals surface area contributed by atoms with Crippen molar-refractivity contribution in [3.05, 3.63) is 0 Å². The Morgan fingerprint density at radius 2 is 2.00 bits per heavy atom. The molecule has 0 aliphatic heterocycles. The minimum absolute atomic E-state index is 0.995. The number of rotatable bonds is 1. The van der Waals surface area contributed by atoms with Crippen molar-refractivity contribution in [2.45, 2.75) is 32.6 Å². The van der Waals surface area contributed by atoms with Crippen LogP contribution in [0.5, 0.6) is 0 Å². The zero-order chi connectivity index (χ0) is 6.06. The Bertz CT molecular complexity index is 149. The van der Waals surface area contributed by atoms with Crippen molar-refractivity contribution in [2.75, 3.05) is 0 Å². The van der Waals surface area contributed by atoms with E-state index in [-0.39, 0.29) is 0 Å². The molecule has 0 saturated heterocycles. The predicted molar refractivity (Wildman–Crippen MR) is 37.0 cm³/mol. The van der Waals surface area contributed by atoms with E-state index in [0.29, 0.717) is 0 Å². The molecule has 3 aliphatic rings. The Hall–Kier alpha value is 0. The summed E-state index contributed by atoms with van der Waals surface area (Å²) in [6, 6.07) is 0. The van der Waals surface area contributed by atoms with Gasteiger partial charge in [0.05, 0.1) is 0 Å².